The fourth-order valence-corrected chi connectivity index (χ4v) is 4.66. The number of hydrogen-bond acceptors (Lipinski definition) is 11. The van der Waals surface area contributed by atoms with Crippen molar-refractivity contribution in [1.82, 2.24) is 15.7 Å². The molecule has 224 valence electrons. The number of ether oxygens (including phenoxy) is 4. The lowest BCUT2D eigenvalue weighted by molar-refractivity contribution is -0.121. The molecule has 43 heavy (non-hydrogen) atoms. The zero-order valence-corrected chi connectivity index (χ0v) is 24.1. The van der Waals surface area contributed by atoms with E-state index in [1.807, 2.05) is 48.5 Å². The molecule has 0 saturated heterocycles. The van der Waals surface area contributed by atoms with E-state index < -0.39 is 18.2 Å². The number of dihydropyridines is 1. The molecule has 1 amide bonds. The fraction of sp³-hybridized carbons (Fsp3) is 0.355. The van der Waals surface area contributed by atoms with E-state index in [1.54, 1.807) is 20.0 Å². The van der Waals surface area contributed by atoms with Crippen molar-refractivity contribution in [3.63, 3.8) is 0 Å². The first kappa shape index (κ1) is 30.8. The van der Waals surface area contributed by atoms with E-state index in [2.05, 4.69) is 20.8 Å². The lowest BCUT2D eigenvalue weighted by Crippen LogP contribution is -2.30. The number of pyridine rings is 1. The maximum Gasteiger partial charge on any atom is 0.513 e. The van der Waals surface area contributed by atoms with Gasteiger partial charge in [-0.2, -0.15) is 10.4 Å². The summed E-state index contributed by atoms with van der Waals surface area (Å²) < 4.78 is 21.6. The van der Waals surface area contributed by atoms with Crippen LogP contribution in [0.1, 0.15) is 56.4 Å². The van der Waals surface area contributed by atoms with Crippen LogP contribution >= 0.6 is 0 Å². The van der Waals surface area contributed by atoms with Crippen molar-refractivity contribution in [2.45, 2.75) is 52.4 Å². The molecular weight excluding hydrogens is 554 g/mol. The first-order valence-corrected chi connectivity index (χ1v) is 13.9. The summed E-state index contributed by atoms with van der Waals surface area (Å²) in [4.78, 5) is 40.8. The number of nitriles is 1. The van der Waals surface area contributed by atoms with Crippen LogP contribution in [0.3, 0.4) is 0 Å². The third-order valence-corrected chi connectivity index (χ3v) is 6.79. The normalized spacial score (nSPS) is 16.3. The van der Waals surface area contributed by atoms with Crippen molar-refractivity contribution in [3.8, 4) is 6.07 Å². The minimum atomic E-state index is -0.956. The SMILES string of the molecule is CC1=C(OC(=O)OCCC#N)C(CCc2ccccn2)C(OC(=O)OCCc2ccc(C3=NNC(=O)CC3)cc2)=C(C)N1. The highest BCUT2D eigenvalue weighted by molar-refractivity contribution is 6.04. The Labute approximate surface area is 249 Å². The molecular formula is C31H33N5O7. The minimum Gasteiger partial charge on any atom is -0.434 e. The number of carbonyl (C=O) groups excluding carboxylic acids is 3. The summed E-state index contributed by atoms with van der Waals surface area (Å²) in [5.74, 6) is -0.202. The number of rotatable bonds is 11. The molecule has 1 aromatic heterocycles. The lowest BCUT2D eigenvalue weighted by atomic mass is 9.92. The molecule has 12 heteroatoms. The summed E-state index contributed by atoms with van der Waals surface area (Å²) in [6.45, 7) is 3.48. The van der Waals surface area contributed by atoms with Gasteiger partial charge in [0.1, 0.15) is 18.1 Å². The fourth-order valence-electron chi connectivity index (χ4n) is 4.66. The largest absolute Gasteiger partial charge is 0.513 e. The smallest absolute Gasteiger partial charge is 0.434 e. The van der Waals surface area contributed by atoms with E-state index in [1.165, 1.54) is 0 Å². The number of aromatic nitrogens is 1. The van der Waals surface area contributed by atoms with Crippen molar-refractivity contribution in [2.75, 3.05) is 13.2 Å². The molecule has 1 aromatic carbocycles. The van der Waals surface area contributed by atoms with Crippen LogP contribution in [0.2, 0.25) is 0 Å². The van der Waals surface area contributed by atoms with Crippen molar-refractivity contribution in [3.05, 3.63) is 88.4 Å². The van der Waals surface area contributed by atoms with E-state index in [0.717, 1.165) is 22.5 Å². The molecule has 0 spiro atoms. The van der Waals surface area contributed by atoms with Gasteiger partial charge in [0, 0.05) is 31.2 Å². The number of benzene rings is 1. The highest BCUT2D eigenvalue weighted by Gasteiger charge is 2.34. The van der Waals surface area contributed by atoms with Crippen molar-refractivity contribution < 1.29 is 33.3 Å². The Kier molecular flexibility index (Phi) is 10.9. The summed E-state index contributed by atoms with van der Waals surface area (Å²) in [6, 6.07) is 15.1. The number of aryl methyl sites for hydroxylation is 1. The second kappa shape index (κ2) is 15.2. The van der Waals surface area contributed by atoms with Gasteiger partial charge in [0.05, 0.1) is 42.1 Å². The van der Waals surface area contributed by atoms with Crippen LogP contribution in [-0.2, 0) is 36.6 Å². The summed E-state index contributed by atoms with van der Waals surface area (Å²) in [5.41, 5.74) is 7.13. The van der Waals surface area contributed by atoms with Crippen molar-refractivity contribution in [1.29, 1.82) is 5.26 Å². The van der Waals surface area contributed by atoms with Gasteiger partial charge in [0.25, 0.3) is 0 Å². The third-order valence-electron chi connectivity index (χ3n) is 6.79. The number of nitrogens with one attached hydrogen (secondary N) is 2. The van der Waals surface area contributed by atoms with Crippen LogP contribution in [0.4, 0.5) is 9.59 Å². The van der Waals surface area contributed by atoms with Gasteiger partial charge in [0.15, 0.2) is 0 Å². The predicted molar refractivity (Wildman–Crippen MR) is 154 cm³/mol. The monoisotopic (exact) mass is 587 g/mol. The summed E-state index contributed by atoms with van der Waals surface area (Å²) in [7, 11) is 0. The topological polar surface area (TPSA) is 161 Å². The first-order chi connectivity index (χ1) is 20.8. The van der Waals surface area contributed by atoms with Crippen LogP contribution in [0, 0.1) is 17.2 Å². The molecule has 1 atom stereocenters. The van der Waals surface area contributed by atoms with Crippen molar-refractivity contribution >= 4 is 23.9 Å². The Bertz CT molecular complexity index is 1460. The Hall–Kier alpha value is -5.18. The number of carbonyl (C=O) groups is 3. The molecule has 2 aliphatic rings. The molecule has 3 heterocycles. The molecule has 0 aliphatic carbocycles. The van der Waals surface area contributed by atoms with Gasteiger partial charge < -0.3 is 24.3 Å². The molecule has 2 aromatic rings. The second-order valence-corrected chi connectivity index (χ2v) is 9.87. The Morgan fingerprint density at radius 1 is 0.953 bits per heavy atom. The highest BCUT2D eigenvalue weighted by Crippen LogP contribution is 2.35. The second-order valence-electron chi connectivity index (χ2n) is 9.87. The van der Waals surface area contributed by atoms with Gasteiger partial charge in [-0.1, -0.05) is 30.3 Å². The van der Waals surface area contributed by atoms with Crippen LogP contribution in [-0.4, -0.2) is 42.1 Å². The zero-order valence-electron chi connectivity index (χ0n) is 24.1. The molecule has 0 fully saturated rings. The van der Waals surface area contributed by atoms with Gasteiger partial charge in [0.2, 0.25) is 5.91 Å². The number of hydrazone groups is 1. The predicted octanol–water partition coefficient (Wildman–Crippen LogP) is 4.77. The van der Waals surface area contributed by atoms with Gasteiger partial charge in [-0.25, -0.2) is 15.0 Å². The van der Waals surface area contributed by atoms with Crippen LogP contribution in [0.5, 0.6) is 0 Å². The van der Waals surface area contributed by atoms with Gasteiger partial charge in [-0.05, 0) is 49.9 Å². The quantitative estimate of drug-likeness (QED) is 0.277. The molecule has 4 rings (SSSR count). The van der Waals surface area contributed by atoms with Gasteiger partial charge in [-0.3, -0.25) is 9.78 Å². The summed E-state index contributed by atoms with van der Waals surface area (Å²) in [6.07, 6.45) is 2.25. The van der Waals surface area contributed by atoms with E-state index >= 15 is 0 Å². The maximum atomic E-state index is 12.8. The van der Waals surface area contributed by atoms with Crippen LogP contribution < -0.4 is 10.7 Å². The van der Waals surface area contributed by atoms with Crippen LogP contribution in [0.25, 0.3) is 0 Å². The molecule has 1 unspecified atom stereocenters. The number of amides is 1. The molecule has 12 nitrogen and oxygen atoms in total. The summed E-state index contributed by atoms with van der Waals surface area (Å²) in [5, 5.41) is 15.9. The molecule has 2 N–H and O–H groups in total. The number of allylic oxidation sites excluding steroid dienone is 2. The first-order valence-electron chi connectivity index (χ1n) is 13.9. The average Bonchev–Trinajstić information content (AvgIpc) is 3.00. The average molecular weight is 588 g/mol. The van der Waals surface area contributed by atoms with Crippen LogP contribution in [0.15, 0.2) is 76.7 Å². The molecule has 2 aliphatic heterocycles. The highest BCUT2D eigenvalue weighted by atomic mass is 16.7. The van der Waals surface area contributed by atoms with E-state index in [0.29, 0.717) is 43.5 Å². The Morgan fingerprint density at radius 2 is 1.65 bits per heavy atom. The van der Waals surface area contributed by atoms with E-state index in [9.17, 15) is 14.4 Å². The minimum absolute atomic E-state index is 0.0345. The third kappa shape index (κ3) is 8.90. The Balaban J connectivity index is 1.38. The van der Waals surface area contributed by atoms with Gasteiger partial charge >= 0.3 is 12.3 Å². The maximum absolute atomic E-state index is 12.8. The summed E-state index contributed by atoms with van der Waals surface area (Å²) >= 11 is 0. The van der Waals surface area contributed by atoms with E-state index in [4.69, 9.17) is 24.2 Å². The number of nitrogens with zero attached hydrogens (tertiary/aromatic N) is 3. The number of hydrogen-bond donors (Lipinski definition) is 2. The molecule has 0 radical (unpaired) electrons. The standard InChI is InChI=1S/C31H33N5O7/c1-20-28(42-30(38)40-18-5-16-32)25(12-11-24-6-3-4-17-33-24)29(21(2)34-20)43-31(39)41-19-15-22-7-9-23(10-8-22)26-13-14-27(37)36-35-26/h3-4,6-10,17,25,34H,5,11-15,18-19H2,1-2H3,(H,36,37). The Morgan fingerprint density at radius 3 is 2.26 bits per heavy atom. The lowest BCUT2D eigenvalue weighted by Gasteiger charge is -2.30. The molecule has 0 saturated carbocycles. The zero-order chi connectivity index (χ0) is 30.6. The van der Waals surface area contributed by atoms with Crippen molar-refractivity contribution in [2.24, 2.45) is 11.0 Å². The molecule has 0 bridgehead atoms. The van der Waals surface area contributed by atoms with Gasteiger partial charge in [-0.15, -0.1) is 0 Å². The van der Waals surface area contributed by atoms with E-state index in [-0.39, 0.29) is 37.1 Å².